The van der Waals surface area contributed by atoms with E-state index in [0.29, 0.717) is 17.1 Å². The average molecular weight is 456 g/mol. The van der Waals surface area contributed by atoms with E-state index >= 15 is 0 Å². The number of hydrogen-bond donors (Lipinski definition) is 1. The highest BCUT2D eigenvalue weighted by Crippen LogP contribution is 2.26. The number of methoxy groups -OCH3 is 1. The van der Waals surface area contributed by atoms with Crippen LogP contribution in [0.25, 0.3) is 6.20 Å². The van der Waals surface area contributed by atoms with Gasteiger partial charge in [-0.25, -0.2) is 22.8 Å². The van der Waals surface area contributed by atoms with Crippen molar-refractivity contribution in [3.05, 3.63) is 71.8 Å². The summed E-state index contributed by atoms with van der Waals surface area (Å²) in [6, 6.07) is 9.46. The number of ether oxygens (including phenoxy) is 1. The van der Waals surface area contributed by atoms with Crippen LogP contribution < -0.4 is 10.1 Å². The summed E-state index contributed by atoms with van der Waals surface area (Å²) in [6.07, 6.45) is 4.77. The van der Waals surface area contributed by atoms with Crippen LogP contribution in [0.15, 0.2) is 75.2 Å². The van der Waals surface area contributed by atoms with E-state index in [1.807, 2.05) is 0 Å². The molecule has 0 aliphatic heterocycles. The molecular formula is C22H21FN4O4S. The number of amides is 1. The van der Waals surface area contributed by atoms with Gasteiger partial charge in [-0.3, -0.25) is 9.36 Å². The minimum absolute atomic E-state index is 0.0118. The van der Waals surface area contributed by atoms with Gasteiger partial charge in [0.25, 0.3) is 0 Å². The van der Waals surface area contributed by atoms with E-state index in [0.717, 1.165) is 6.07 Å². The number of sulfone groups is 1. The highest BCUT2D eigenvalue weighted by Gasteiger charge is 2.19. The Bertz CT molecular complexity index is 1280. The highest BCUT2D eigenvalue weighted by atomic mass is 32.2. The zero-order chi connectivity index (χ0) is 23.3. The van der Waals surface area contributed by atoms with Crippen molar-refractivity contribution in [1.82, 2.24) is 14.9 Å². The number of hydrogen-bond acceptors (Lipinski definition) is 6. The number of aromatic nitrogens is 2. The van der Waals surface area contributed by atoms with Crippen LogP contribution >= 0.6 is 0 Å². The third kappa shape index (κ3) is 4.92. The van der Waals surface area contributed by atoms with Crippen molar-refractivity contribution in [3.63, 3.8) is 0 Å². The summed E-state index contributed by atoms with van der Waals surface area (Å²) in [5.74, 6) is -0.739. The van der Waals surface area contributed by atoms with Crippen molar-refractivity contribution in [1.29, 1.82) is 0 Å². The van der Waals surface area contributed by atoms with Gasteiger partial charge in [0.2, 0.25) is 21.7 Å². The highest BCUT2D eigenvalue weighted by molar-refractivity contribution is 7.91. The first-order valence-corrected chi connectivity index (χ1v) is 10.9. The number of carbonyl (C=O) groups is 1. The van der Waals surface area contributed by atoms with E-state index in [4.69, 9.17) is 4.74 Å². The Labute approximate surface area is 185 Å². The fourth-order valence-electron chi connectivity index (χ4n) is 2.85. The molecule has 1 heterocycles. The van der Waals surface area contributed by atoms with Gasteiger partial charge in [-0.05, 0) is 49.5 Å². The summed E-state index contributed by atoms with van der Waals surface area (Å²) in [4.78, 5) is 19.9. The standard InChI is InChI=1S/C22H21FN4O4S/c1-15(14-27-11-10-25-22(27)24-2)21(28)26-13-16-4-6-17(7-5-16)32(29,30)18-8-9-20(31-3)19(23)12-18/h4-12,14H,2,13H2,1,3H3,(H,26,28)/b15-14+. The molecule has 2 aromatic carbocycles. The Balaban J connectivity index is 1.68. The number of halogens is 1. The Morgan fingerprint density at radius 3 is 2.56 bits per heavy atom. The first kappa shape index (κ1) is 22.9. The maximum Gasteiger partial charge on any atom is 0.248 e. The van der Waals surface area contributed by atoms with Crippen LogP contribution in [0.1, 0.15) is 12.5 Å². The lowest BCUT2D eigenvalue weighted by Crippen LogP contribution is -2.23. The third-order valence-electron chi connectivity index (χ3n) is 4.60. The summed E-state index contributed by atoms with van der Waals surface area (Å²) >= 11 is 0. The van der Waals surface area contributed by atoms with E-state index in [2.05, 4.69) is 22.0 Å². The molecule has 0 saturated heterocycles. The first-order valence-electron chi connectivity index (χ1n) is 9.40. The second kappa shape index (κ2) is 9.56. The summed E-state index contributed by atoms with van der Waals surface area (Å²) in [5, 5.41) is 2.76. The van der Waals surface area contributed by atoms with E-state index in [-0.39, 0.29) is 28.0 Å². The Hall–Kier alpha value is -3.79. The number of nitrogens with zero attached hydrogens (tertiary/aromatic N) is 3. The fraction of sp³-hybridized carbons (Fsp3) is 0.136. The molecule has 32 heavy (non-hydrogen) atoms. The Kier molecular flexibility index (Phi) is 6.84. The lowest BCUT2D eigenvalue weighted by Gasteiger charge is -2.09. The second-order valence-corrected chi connectivity index (χ2v) is 8.68. The van der Waals surface area contributed by atoms with Crippen LogP contribution in [0, 0.1) is 5.82 Å². The van der Waals surface area contributed by atoms with E-state index in [9.17, 15) is 17.6 Å². The molecule has 0 unspecified atom stereocenters. The number of benzene rings is 2. The number of aliphatic imine (C=N–C) groups is 1. The zero-order valence-corrected chi connectivity index (χ0v) is 18.3. The summed E-state index contributed by atoms with van der Waals surface area (Å²) in [7, 11) is -2.60. The van der Waals surface area contributed by atoms with Crippen molar-refractivity contribution in [2.45, 2.75) is 23.3 Å². The van der Waals surface area contributed by atoms with Crippen LogP contribution in [0.4, 0.5) is 10.3 Å². The SMILES string of the molecule is C=Nc1nccn1/C=C(\C)C(=O)NCc1ccc(S(=O)(=O)c2ccc(OC)c(F)c2)cc1. The van der Waals surface area contributed by atoms with Gasteiger partial charge in [0, 0.05) is 30.7 Å². The van der Waals surface area contributed by atoms with Crippen LogP contribution in [-0.2, 0) is 21.2 Å². The topological polar surface area (TPSA) is 103 Å². The van der Waals surface area contributed by atoms with E-state index in [1.165, 1.54) is 31.4 Å². The Morgan fingerprint density at radius 2 is 1.94 bits per heavy atom. The van der Waals surface area contributed by atoms with Gasteiger partial charge < -0.3 is 10.1 Å². The fourth-order valence-corrected chi connectivity index (χ4v) is 4.13. The smallest absolute Gasteiger partial charge is 0.248 e. The second-order valence-electron chi connectivity index (χ2n) is 6.73. The predicted octanol–water partition coefficient (Wildman–Crippen LogP) is 3.37. The van der Waals surface area contributed by atoms with Gasteiger partial charge in [0.1, 0.15) is 0 Å². The number of carbonyl (C=O) groups excluding carboxylic acids is 1. The molecule has 8 nitrogen and oxygen atoms in total. The van der Waals surface area contributed by atoms with Crippen molar-refractivity contribution in [2.24, 2.45) is 4.99 Å². The van der Waals surface area contributed by atoms with Gasteiger partial charge in [-0.2, -0.15) is 0 Å². The molecule has 1 amide bonds. The van der Waals surface area contributed by atoms with Crippen LogP contribution in [0.5, 0.6) is 5.75 Å². The minimum Gasteiger partial charge on any atom is -0.494 e. The van der Waals surface area contributed by atoms with Gasteiger partial charge in [0.15, 0.2) is 11.6 Å². The van der Waals surface area contributed by atoms with Gasteiger partial charge >= 0.3 is 0 Å². The molecule has 0 bridgehead atoms. The molecule has 0 spiro atoms. The summed E-state index contributed by atoms with van der Waals surface area (Å²) in [6.45, 7) is 5.25. The van der Waals surface area contributed by atoms with Gasteiger partial charge in [-0.1, -0.05) is 12.1 Å². The number of rotatable bonds is 8. The lowest BCUT2D eigenvalue weighted by molar-refractivity contribution is -0.117. The summed E-state index contributed by atoms with van der Waals surface area (Å²) < 4.78 is 45.8. The monoisotopic (exact) mass is 456 g/mol. The molecule has 3 rings (SSSR count). The van der Waals surface area contributed by atoms with E-state index in [1.54, 1.807) is 42.2 Å². The summed E-state index contributed by atoms with van der Waals surface area (Å²) in [5.41, 5.74) is 1.12. The normalized spacial score (nSPS) is 11.8. The maximum absolute atomic E-state index is 13.9. The van der Waals surface area contributed by atoms with Crippen LogP contribution in [0.3, 0.4) is 0 Å². The molecule has 0 aliphatic carbocycles. The molecule has 166 valence electrons. The van der Waals surface area contributed by atoms with E-state index < -0.39 is 15.7 Å². The molecule has 0 aliphatic rings. The molecule has 0 radical (unpaired) electrons. The van der Waals surface area contributed by atoms with Gasteiger partial charge in [-0.15, -0.1) is 0 Å². The molecule has 10 heteroatoms. The van der Waals surface area contributed by atoms with Crippen molar-refractivity contribution in [2.75, 3.05) is 7.11 Å². The first-order chi connectivity index (χ1) is 15.3. The average Bonchev–Trinajstić information content (AvgIpc) is 3.24. The lowest BCUT2D eigenvalue weighted by atomic mass is 10.2. The molecule has 0 saturated carbocycles. The van der Waals surface area contributed by atoms with Crippen molar-refractivity contribution < 1.29 is 22.3 Å². The zero-order valence-electron chi connectivity index (χ0n) is 17.4. The molecule has 0 fully saturated rings. The molecule has 1 aromatic heterocycles. The van der Waals surface area contributed by atoms with Crippen LogP contribution in [0.2, 0.25) is 0 Å². The maximum atomic E-state index is 13.9. The third-order valence-corrected chi connectivity index (χ3v) is 6.37. The van der Waals surface area contributed by atoms with Crippen LogP contribution in [-0.4, -0.2) is 37.7 Å². The predicted molar refractivity (Wildman–Crippen MR) is 118 cm³/mol. The molecule has 0 atom stereocenters. The molecule has 1 N–H and O–H groups in total. The number of imidazole rings is 1. The minimum atomic E-state index is -3.90. The molecule has 3 aromatic rings. The quantitative estimate of drug-likeness (QED) is 0.414. The van der Waals surface area contributed by atoms with Crippen molar-refractivity contribution >= 4 is 34.6 Å². The number of nitrogens with one attached hydrogen (secondary N) is 1. The van der Waals surface area contributed by atoms with Gasteiger partial charge in [0.05, 0.1) is 16.9 Å². The Morgan fingerprint density at radius 1 is 1.25 bits per heavy atom. The largest absolute Gasteiger partial charge is 0.494 e. The van der Waals surface area contributed by atoms with Crippen molar-refractivity contribution in [3.8, 4) is 5.75 Å². The molecular weight excluding hydrogens is 435 g/mol.